The molecule has 7 heteroatoms. The summed E-state index contributed by atoms with van der Waals surface area (Å²) in [5.41, 5.74) is 2.21. The molecule has 4 nitrogen and oxygen atoms in total. The third kappa shape index (κ3) is 8.89. The van der Waals surface area contributed by atoms with E-state index in [1.165, 1.54) is 5.56 Å². The van der Waals surface area contributed by atoms with Crippen molar-refractivity contribution < 1.29 is 9.47 Å². The lowest BCUT2D eigenvalue weighted by molar-refractivity contribution is 0.284. The molecular formula is C21H31Cl3N2O2. The van der Waals surface area contributed by atoms with Crippen molar-refractivity contribution in [3.63, 3.8) is 0 Å². The normalized spacial score (nSPS) is 10.2. The average Bonchev–Trinajstić information content (AvgIpc) is 2.67. The number of halogens is 3. The van der Waals surface area contributed by atoms with Gasteiger partial charge in [-0.05, 0) is 48.5 Å². The fraction of sp³-hybridized carbons (Fsp3) is 0.429. The molecule has 0 amide bonds. The van der Waals surface area contributed by atoms with Crippen LogP contribution in [0.5, 0.6) is 11.5 Å². The molecule has 0 saturated heterocycles. The molecule has 2 aromatic carbocycles. The highest BCUT2D eigenvalue weighted by Crippen LogP contribution is 2.29. The second kappa shape index (κ2) is 14.8. The fourth-order valence-electron chi connectivity index (χ4n) is 2.74. The van der Waals surface area contributed by atoms with Gasteiger partial charge in [0.15, 0.2) is 11.5 Å². The van der Waals surface area contributed by atoms with Crippen LogP contribution in [-0.2, 0) is 13.2 Å². The summed E-state index contributed by atoms with van der Waals surface area (Å²) in [5.74, 6) is 1.48. The van der Waals surface area contributed by atoms with Crippen molar-refractivity contribution >= 4 is 36.4 Å². The van der Waals surface area contributed by atoms with Crippen LogP contribution in [0.4, 0.5) is 0 Å². The summed E-state index contributed by atoms with van der Waals surface area (Å²) in [6.07, 6.45) is 0. The van der Waals surface area contributed by atoms with E-state index in [2.05, 4.69) is 30.1 Å². The Bertz CT molecular complexity index is 682. The van der Waals surface area contributed by atoms with Gasteiger partial charge in [-0.1, -0.05) is 43.6 Å². The van der Waals surface area contributed by atoms with Gasteiger partial charge in [0.1, 0.15) is 6.61 Å². The van der Waals surface area contributed by atoms with Gasteiger partial charge in [-0.3, -0.25) is 0 Å². The molecule has 0 radical (unpaired) electrons. The first kappa shape index (κ1) is 26.8. The van der Waals surface area contributed by atoms with Crippen molar-refractivity contribution in [1.29, 1.82) is 0 Å². The number of nitrogens with one attached hydrogen (secondary N) is 1. The summed E-state index contributed by atoms with van der Waals surface area (Å²) >= 11 is 6.01. The first-order valence-corrected chi connectivity index (χ1v) is 9.51. The quantitative estimate of drug-likeness (QED) is 0.478. The van der Waals surface area contributed by atoms with Crippen LogP contribution in [0.1, 0.15) is 25.0 Å². The molecule has 0 bridgehead atoms. The van der Waals surface area contributed by atoms with Crippen molar-refractivity contribution in [3.8, 4) is 11.5 Å². The lowest BCUT2D eigenvalue weighted by atomic mass is 10.2. The second-order valence-electron chi connectivity index (χ2n) is 6.11. The fourth-order valence-corrected chi connectivity index (χ4v) is 2.95. The summed E-state index contributed by atoms with van der Waals surface area (Å²) in [7, 11) is 1.67. The van der Waals surface area contributed by atoms with Gasteiger partial charge in [0.2, 0.25) is 0 Å². The van der Waals surface area contributed by atoms with Gasteiger partial charge in [0.05, 0.1) is 7.11 Å². The molecule has 0 aliphatic carbocycles. The third-order valence-corrected chi connectivity index (χ3v) is 4.57. The van der Waals surface area contributed by atoms with E-state index in [4.69, 9.17) is 21.1 Å². The molecule has 28 heavy (non-hydrogen) atoms. The maximum Gasteiger partial charge on any atom is 0.161 e. The van der Waals surface area contributed by atoms with Crippen LogP contribution in [0, 0.1) is 0 Å². The number of likely N-dealkylation sites (N-methyl/N-ethyl adjacent to an activating group) is 1. The van der Waals surface area contributed by atoms with Crippen molar-refractivity contribution in [3.05, 3.63) is 58.6 Å². The largest absolute Gasteiger partial charge is 0.493 e. The molecular weight excluding hydrogens is 419 g/mol. The summed E-state index contributed by atoms with van der Waals surface area (Å²) < 4.78 is 11.4. The Kier molecular flexibility index (Phi) is 14.2. The zero-order chi connectivity index (χ0) is 18.8. The average molecular weight is 450 g/mol. The van der Waals surface area contributed by atoms with E-state index >= 15 is 0 Å². The number of benzene rings is 2. The predicted molar refractivity (Wildman–Crippen MR) is 123 cm³/mol. The van der Waals surface area contributed by atoms with Crippen LogP contribution in [0.2, 0.25) is 5.02 Å². The first-order chi connectivity index (χ1) is 12.7. The number of hydrogen-bond donors (Lipinski definition) is 1. The van der Waals surface area contributed by atoms with Crippen molar-refractivity contribution in [2.45, 2.75) is 27.0 Å². The van der Waals surface area contributed by atoms with Gasteiger partial charge >= 0.3 is 0 Å². The molecule has 0 aliphatic rings. The van der Waals surface area contributed by atoms with Crippen molar-refractivity contribution in [2.24, 2.45) is 0 Å². The van der Waals surface area contributed by atoms with E-state index in [-0.39, 0.29) is 24.8 Å². The number of methoxy groups -OCH3 is 1. The highest BCUT2D eigenvalue weighted by molar-refractivity contribution is 6.30. The molecule has 158 valence electrons. The van der Waals surface area contributed by atoms with E-state index in [1.807, 2.05) is 36.4 Å². The molecule has 2 rings (SSSR count). The summed E-state index contributed by atoms with van der Waals surface area (Å²) in [4.78, 5) is 2.40. The van der Waals surface area contributed by atoms with E-state index in [0.29, 0.717) is 11.6 Å². The maximum atomic E-state index is 6.01. The number of rotatable bonds is 11. The topological polar surface area (TPSA) is 33.7 Å². The van der Waals surface area contributed by atoms with Crippen LogP contribution >= 0.6 is 36.4 Å². The molecule has 1 N–H and O–H groups in total. The van der Waals surface area contributed by atoms with Gasteiger partial charge in [0.25, 0.3) is 0 Å². The molecule has 0 aliphatic heterocycles. The Morgan fingerprint density at radius 1 is 0.964 bits per heavy atom. The van der Waals surface area contributed by atoms with Crippen LogP contribution < -0.4 is 14.8 Å². The summed E-state index contributed by atoms with van der Waals surface area (Å²) in [6, 6.07) is 13.7. The van der Waals surface area contributed by atoms with Crippen LogP contribution in [0.15, 0.2) is 42.5 Å². The van der Waals surface area contributed by atoms with Crippen LogP contribution in [0.25, 0.3) is 0 Å². The van der Waals surface area contributed by atoms with Gasteiger partial charge in [-0.2, -0.15) is 0 Å². The number of ether oxygens (including phenoxy) is 2. The highest BCUT2D eigenvalue weighted by Gasteiger charge is 2.07. The minimum atomic E-state index is 0. The maximum absolute atomic E-state index is 6.01. The molecule has 0 saturated carbocycles. The number of hydrogen-bond acceptors (Lipinski definition) is 4. The molecule has 0 fully saturated rings. The molecule has 0 unspecified atom stereocenters. The Hall–Kier alpha value is -1.17. The molecule has 0 spiro atoms. The van der Waals surface area contributed by atoms with E-state index in [9.17, 15) is 0 Å². The minimum Gasteiger partial charge on any atom is -0.493 e. The lowest BCUT2D eigenvalue weighted by Gasteiger charge is -2.18. The smallest absolute Gasteiger partial charge is 0.161 e. The molecule has 2 aromatic rings. The number of nitrogens with zero attached hydrogens (tertiary/aromatic N) is 1. The second-order valence-corrected chi connectivity index (χ2v) is 6.54. The summed E-state index contributed by atoms with van der Waals surface area (Å²) in [6.45, 7) is 9.86. The van der Waals surface area contributed by atoms with Gasteiger partial charge < -0.3 is 19.7 Å². The minimum absolute atomic E-state index is 0. The van der Waals surface area contributed by atoms with Crippen LogP contribution in [-0.4, -0.2) is 38.2 Å². The van der Waals surface area contributed by atoms with Crippen molar-refractivity contribution in [2.75, 3.05) is 33.3 Å². The SMILES string of the molecule is CCN(CC)CCNCc1ccc(OCc2cccc(Cl)c2)c(OC)c1.Cl.Cl. The third-order valence-electron chi connectivity index (χ3n) is 4.34. The van der Waals surface area contributed by atoms with E-state index < -0.39 is 0 Å². The van der Waals surface area contributed by atoms with Crippen LogP contribution in [0.3, 0.4) is 0 Å². The first-order valence-electron chi connectivity index (χ1n) is 9.13. The Labute approximate surface area is 186 Å². The molecule has 0 heterocycles. The monoisotopic (exact) mass is 448 g/mol. The van der Waals surface area contributed by atoms with E-state index in [1.54, 1.807) is 7.11 Å². The standard InChI is InChI=1S/C21H29ClN2O2.2ClH/c1-4-24(5-2)12-11-23-15-17-9-10-20(21(14-17)25-3)26-16-18-7-6-8-19(22)13-18;;/h6-10,13-14,23H,4-5,11-12,15-16H2,1-3H3;2*1H. The lowest BCUT2D eigenvalue weighted by Crippen LogP contribution is -2.31. The van der Waals surface area contributed by atoms with Crippen molar-refractivity contribution in [1.82, 2.24) is 10.2 Å². The van der Waals surface area contributed by atoms with Gasteiger partial charge in [0, 0.05) is 24.7 Å². The molecule has 0 atom stereocenters. The zero-order valence-corrected chi connectivity index (χ0v) is 19.1. The predicted octanol–water partition coefficient (Wildman–Crippen LogP) is 5.20. The van der Waals surface area contributed by atoms with Gasteiger partial charge in [-0.25, -0.2) is 0 Å². The van der Waals surface area contributed by atoms with Gasteiger partial charge in [-0.15, -0.1) is 24.8 Å². The Morgan fingerprint density at radius 2 is 1.71 bits per heavy atom. The Balaban J connectivity index is 0.00000364. The highest BCUT2D eigenvalue weighted by atomic mass is 35.5. The molecule has 0 aromatic heterocycles. The zero-order valence-electron chi connectivity index (χ0n) is 16.7. The summed E-state index contributed by atoms with van der Waals surface area (Å²) in [5, 5.41) is 4.20. The Morgan fingerprint density at radius 3 is 2.36 bits per heavy atom. The van der Waals surface area contributed by atoms with E-state index in [0.717, 1.165) is 49.8 Å².